The Balaban J connectivity index is 2.10. The molecule has 1 aromatic heterocycles. The molecule has 1 N–H and O–H groups in total. The topological polar surface area (TPSA) is 17.0 Å². The lowest BCUT2D eigenvalue weighted by Crippen LogP contribution is -2.21. The minimum atomic E-state index is -0.168. The molecular formula is C18H25FN2. The van der Waals surface area contributed by atoms with Crippen molar-refractivity contribution in [2.45, 2.75) is 46.2 Å². The van der Waals surface area contributed by atoms with Crippen molar-refractivity contribution in [3.05, 3.63) is 59.2 Å². The molecule has 2 rings (SSSR count). The number of hydrogen-bond donors (Lipinski definition) is 1. The molecule has 0 spiro atoms. The van der Waals surface area contributed by atoms with Crippen LogP contribution in [-0.4, -0.2) is 11.1 Å². The van der Waals surface area contributed by atoms with Crippen molar-refractivity contribution >= 4 is 0 Å². The number of rotatable bonds is 7. The van der Waals surface area contributed by atoms with E-state index in [4.69, 9.17) is 0 Å². The minimum Gasteiger partial charge on any atom is -0.350 e. The molecule has 0 saturated heterocycles. The van der Waals surface area contributed by atoms with Gasteiger partial charge < -0.3 is 9.88 Å². The predicted octanol–water partition coefficient (Wildman–Crippen LogP) is 4.43. The Morgan fingerprint density at radius 2 is 2.05 bits per heavy atom. The molecule has 1 heterocycles. The van der Waals surface area contributed by atoms with Crippen LogP contribution in [0.15, 0.2) is 36.7 Å². The molecular weight excluding hydrogens is 263 g/mol. The third-order valence-corrected chi connectivity index (χ3v) is 3.89. The zero-order valence-electron chi connectivity index (χ0n) is 13.2. The molecule has 21 heavy (non-hydrogen) atoms. The van der Waals surface area contributed by atoms with E-state index in [0.29, 0.717) is 12.6 Å². The molecule has 3 heteroatoms. The van der Waals surface area contributed by atoms with Crippen molar-refractivity contribution in [1.82, 2.24) is 9.88 Å². The summed E-state index contributed by atoms with van der Waals surface area (Å²) in [5.41, 5.74) is 3.47. The van der Waals surface area contributed by atoms with E-state index in [1.54, 1.807) is 6.07 Å². The van der Waals surface area contributed by atoms with Crippen molar-refractivity contribution in [2.75, 3.05) is 6.54 Å². The first-order valence-corrected chi connectivity index (χ1v) is 7.78. The molecule has 1 aromatic carbocycles. The van der Waals surface area contributed by atoms with Crippen LogP contribution in [0.5, 0.6) is 0 Å². The third kappa shape index (κ3) is 4.18. The molecule has 2 aromatic rings. The van der Waals surface area contributed by atoms with Gasteiger partial charge in [-0.2, -0.15) is 0 Å². The van der Waals surface area contributed by atoms with Gasteiger partial charge in [-0.05, 0) is 61.2 Å². The first kappa shape index (κ1) is 15.8. The lowest BCUT2D eigenvalue weighted by Gasteiger charge is -2.15. The maximum atomic E-state index is 13.4. The zero-order valence-corrected chi connectivity index (χ0v) is 13.2. The van der Waals surface area contributed by atoms with E-state index in [0.717, 1.165) is 30.5 Å². The van der Waals surface area contributed by atoms with Crippen LogP contribution in [-0.2, 0) is 6.54 Å². The van der Waals surface area contributed by atoms with Crippen LogP contribution < -0.4 is 5.32 Å². The standard InChI is InChI=1S/C18H25FN2/c1-4-9-20-18(5-2)15-8-10-21(12-15)13-16-11-17(19)7-6-14(16)3/h6-8,10-12,18,20H,4-5,9,13H2,1-3H3. The fraction of sp³-hybridized carbons (Fsp3) is 0.444. The van der Waals surface area contributed by atoms with Crippen molar-refractivity contribution in [3.8, 4) is 0 Å². The highest BCUT2D eigenvalue weighted by Crippen LogP contribution is 2.19. The van der Waals surface area contributed by atoms with Gasteiger partial charge >= 0.3 is 0 Å². The summed E-state index contributed by atoms with van der Waals surface area (Å²) in [5.74, 6) is -0.168. The second-order valence-electron chi connectivity index (χ2n) is 5.60. The average molecular weight is 288 g/mol. The number of aryl methyl sites for hydroxylation is 1. The maximum absolute atomic E-state index is 13.4. The number of benzene rings is 1. The smallest absolute Gasteiger partial charge is 0.123 e. The van der Waals surface area contributed by atoms with Gasteiger partial charge in [0.05, 0.1) is 0 Å². The van der Waals surface area contributed by atoms with Crippen LogP contribution in [0.3, 0.4) is 0 Å². The number of aromatic nitrogens is 1. The normalized spacial score (nSPS) is 12.6. The van der Waals surface area contributed by atoms with Crippen molar-refractivity contribution in [2.24, 2.45) is 0 Å². The van der Waals surface area contributed by atoms with Crippen molar-refractivity contribution < 1.29 is 4.39 Å². The van der Waals surface area contributed by atoms with Gasteiger partial charge in [0.1, 0.15) is 5.82 Å². The molecule has 2 nitrogen and oxygen atoms in total. The Kier molecular flexibility index (Phi) is 5.57. The van der Waals surface area contributed by atoms with E-state index in [1.165, 1.54) is 11.6 Å². The average Bonchev–Trinajstić information content (AvgIpc) is 2.92. The summed E-state index contributed by atoms with van der Waals surface area (Å²) in [7, 11) is 0. The number of halogens is 1. The molecule has 1 unspecified atom stereocenters. The molecule has 0 saturated carbocycles. The molecule has 1 atom stereocenters. The van der Waals surface area contributed by atoms with E-state index in [-0.39, 0.29) is 5.82 Å². The number of nitrogens with zero attached hydrogens (tertiary/aromatic N) is 1. The van der Waals surface area contributed by atoms with Crippen LogP contribution in [0.1, 0.15) is 49.4 Å². The second-order valence-corrected chi connectivity index (χ2v) is 5.60. The summed E-state index contributed by atoms with van der Waals surface area (Å²) in [6, 6.07) is 7.54. The lowest BCUT2D eigenvalue weighted by atomic mass is 10.1. The van der Waals surface area contributed by atoms with E-state index in [2.05, 4.69) is 42.2 Å². The summed E-state index contributed by atoms with van der Waals surface area (Å²) in [5, 5.41) is 3.56. The molecule has 0 bridgehead atoms. The second kappa shape index (κ2) is 7.41. The molecule has 0 aliphatic carbocycles. The van der Waals surface area contributed by atoms with Gasteiger partial charge in [0, 0.05) is 25.0 Å². The first-order valence-electron chi connectivity index (χ1n) is 7.78. The van der Waals surface area contributed by atoms with Crippen LogP contribution in [0.25, 0.3) is 0 Å². The van der Waals surface area contributed by atoms with E-state index >= 15 is 0 Å². The Morgan fingerprint density at radius 1 is 1.24 bits per heavy atom. The predicted molar refractivity (Wildman–Crippen MR) is 86.0 cm³/mol. The van der Waals surface area contributed by atoms with Crippen molar-refractivity contribution in [3.63, 3.8) is 0 Å². The molecule has 114 valence electrons. The Hall–Kier alpha value is -1.61. The molecule has 0 amide bonds. The molecule has 0 fully saturated rings. The quantitative estimate of drug-likeness (QED) is 0.797. The molecule has 0 radical (unpaired) electrons. The van der Waals surface area contributed by atoms with Gasteiger partial charge in [-0.15, -0.1) is 0 Å². The van der Waals surface area contributed by atoms with Crippen LogP contribution >= 0.6 is 0 Å². The van der Waals surface area contributed by atoms with Gasteiger partial charge in [-0.1, -0.05) is 19.9 Å². The summed E-state index contributed by atoms with van der Waals surface area (Å²) in [4.78, 5) is 0. The minimum absolute atomic E-state index is 0.168. The van der Waals surface area contributed by atoms with E-state index < -0.39 is 0 Å². The Bertz CT molecular complexity index is 574. The third-order valence-electron chi connectivity index (χ3n) is 3.89. The highest BCUT2D eigenvalue weighted by Gasteiger charge is 2.10. The van der Waals surface area contributed by atoms with Gasteiger partial charge in [0.2, 0.25) is 0 Å². The summed E-state index contributed by atoms with van der Waals surface area (Å²) in [6.07, 6.45) is 6.46. The van der Waals surface area contributed by atoms with E-state index in [1.807, 2.05) is 13.0 Å². The maximum Gasteiger partial charge on any atom is 0.123 e. The highest BCUT2D eigenvalue weighted by atomic mass is 19.1. The van der Waals surface area contributed by atoms with Crippen LogP contribution in [0.4, 0.5) is 4.39 Å². The SMILES string of the molecule is CCCNC(CC)c1ccn(Cc2cc(F)ccc2C)c1. The van der Waals surface area contributed by atoms with Gasteiger partial charge in [-0.3, -0.25) is 0 Å². The first-order chi connectivity index (χ1) is 10.1. The largest absolute Gasteiger partial charge is 0.350 e. The van der Waals surface area contributed by atoms with Gasteiger partial charge in [0.25, 0.3) is 0 Å². The zero-order chi connectivity index (χ0) is 15.2. The van der Waals surface area contributed by atoms with Gasteiger partial charge in [-0.25, -0.2) is 4.39 Å². The lowest BCUT2D eigenvalue weighted by molar-refractivity contribution is 0.517. The van der Waals surface area contributed by atoms with Crippen molar-refractivity contribution in [1.29, 1.82) is 0 Å². The number of hydrogen-bond acceptors (Lipinski definition) is 1. The van der Waals surface area contributed by atoms with Crippen LogP contribution in [0, 0.1) is 12.7 Å². The molecule has 0 aliphatic rings. The molecule has 0 aliphatic heterocycles. The fourth-order valence-corrected chi connectivity index (χ4v) is 2.59. The number of nitrogens with one attached hydrogen (secondary N) is 1. The Labute approximate surface area is 127 Å². The fourth-order valence-electron chi connectivity index (χ4n) is 2.59. The van der Waals surface area contributed by atoms with Crippen LogP contribution in [0.2, 0.25) is 0 Å². The summed E-state index contributed by atoms with van der Waals surface area (Å²) < 4.78 is 15.5. The summed E-state index contributed by atoms with van der Waals surface area (Å²) in [6.45, 7) is 8.15. The highest BCUT2D eigenvalue weighted by molar-refractivity contribution is 5.27. The monoisotopic (exact) mass is 288 g/mol. The van der Waals surface area contributed by atoms with Gasteiger partial charge in [0.15, 0.2) is 0 Å². The van der Waals surface area contributed by atoms with E-state index in [9.17, 15) is 4.39 Å². The Morgan fingerprint density at radius 3 is 2.76 bits per heavy atom. The summed E-state index contributed by atoms with van der Waals surface area (Å²) >= 11 is 0.